The monoisotopic (exact) mass is 396 g/mol. The Morgan fingerprint density at radius 1 is 1.11 bits per heavy atom. The smallest absolute Gasteiger partial charge is 0.196 e. The highest BCUT2D eigenvalue weighted by Gasteiger charge is 2.23. The zero-order valence-corrected chi connectivity index (χ0v) is 17.0. The van der Waals surface area contributed by atoms with Gasteiger partial charge in [0.05, 0.1) is 5.56 Å². The molecule has 0 radical (unpaired) electrons. The maximum absolute atomic E-state index is 13.2. The second-order valence-corrected chi connectivity index (χ2v) is 8.10. The third-order valence-corrected chi connectivity index (χ3v) is 6.14. The van der Waals surface area contributed by atoms with E-state index in [1.54, 1.807) is 23.9 Å². The van der Waals surface area contributed by atoms with Crippen molar-refractivity contribution in [2.75, 3.05) is 39.5 Å². The highest BCUT2D eigenvalue weighted by atomic mass is 32.2. The highest BCUT2D eigenvalue weighted by molar-refractivity contribution is 7.98. The van der Waals surface area contributed by atoms with Crippen LogP contribution in [0.3, 0.4) is 0 Å². The number of furan rings is 1. The zero-order valence-electron chi connectivity index (χ0n) is 16.1. The molecule has 6 heteroatoms. The standard InChI is InChI=1S/C22H24N2O3S/c1-23-9-11-24(12-10-23)13-17-19(25)7-8-20-21(17)18(14-27-20)22(26)15-3-5-16(28-2)6-4-15/h3-8,14,25H,9-13H2,1-2H3. The fourth-order valence-electron chi connectivity index (χ4n) is 3.64. The maximum Gasteiger partial charge on any atom is 0.196 e. The Kier molecular flexibility index (Phi) is 5.44. The van der Waals surface area contributed by atoms with Crippen LogP contribution in [-0.4, -0.2) is 60.2 Å². The van der Waals surface area contributed by atoms with Crippen LogP contribution in [0.2, 0.25) is 0 Å². The van der Waals surface area contributed by atoms with Crippen LogP contribution in [-0.2, 0) is 6.54 Å². The molecule has 0 aliphatic carbocycles. The minimum atomic E-state index is -0.0865. The number of fused-ring (bicyclic) bond motifs is 1. The van der Waals surface area contributed by atoms with Crippen molar-refractivity contribution < 1.29 is 14.3 Å². The number of hydrogen-bond donors (Lipinski definition) is 1. The molecule has 2 heterocycles. The first-order valence-electron chi connectivity index (χ1n) is 9.38. The van der Waals surface area contributed by atoms with E-state index in [0.717, 1.165) is 42.0 Å². The molecule has 0 unspecified atom stereocenters. The number of aromatic hydroxyl groups is 1. The predicted molar refractivity (Wildman–Crippen MR) is 112 cm³/mol. The average Bonchev–Trinajstić information content (AvgIpc) is 3.15. The fraction of sp³-hybridized carbons (Fsp3) is 0.318. The van der Waals surface area contributed by atoms with Crippen LogP contribution in [0.25, 0.3) is 11.0 Å². The van der Waals surface area contributed by atoms with E-state index in [0.29, 0.717) is 23.3 Å². The van der Waals surface area contributed by atoms with Gasteiger partial charge in [-0.2, -0.15) is 0 Å². The molecular formula is C22H24N2O3S. The average molecular weight is 397 g/mol. The topological polar surface area (TPSA) is 56.9 Å². The summed E-state index contributed by atoms with van der Waals surface area (Å²) in [5.41, 5.74) is 2.52. The molecule has 5 nitrogen and oxygen atoms in total. The number of hydrogen-bond acceptors (Lipinski definition) is 6. The van der Waals surface area contributed by atoms with Crippen LogP contribution in [0.4, 0.5) is 0 Å². The van der Waals surface area contributed by atoms with Crippen LogP contribution >= 0.6 is 11.8 Å². The Morgan fingerprint density at radius 2 is 1.82 bits per heavy atom. The van der Waals surface area contributed by atoms with Gasteiger partial charge in [-0.25, -0.2) is 0 Å². The van der Waals surface area contributed by atoms with Gasteiger partial charge in [0.1, 0.15) is 17.6 Å². The lowest BCUT2D eigenvalue weighted by Crippen LogP contribution is -2.43. The fourth-order valence-corrected chi connectivity index (χ4v) is 4.05. The Morgan fingerprint density at radius 3 is 2.50 bits per heavy atom. The van der Waals surface area contributed by atoms with Crippen LogP contribution in [0, 0.1) is 0 Å². The molecule has 3 aromatic rings. The van der Waals surface area contributed by atoms with E-state index in [1.807, 2.05) is 30.5 Å². The SMILES string of the molecule is CSc1ccc(C(=O)c2coc3ccc(O)c(CN4CCN(C)CC4)c23)cc1. The summed E-state index contributed by atoms with van der Waals surface area (Å²) in [4.78, 5) is 18.9. The minimum Gasteiger partial charge on any atom is -0.508 e. The van der Waals surface area contributed by atoms with Gasteiger partial charge in [-0.15, -0.1) is 11.8 Å². The van der Waals surface area contributed by atoms with Crippen LogP contribution in [0.15, 0.2) is 52.0 Å². The van der Waals surface area contributed by atoms with Crippen molar-refractivity contribution in [3.8, 4) is 5.75 Å². The number of rotatable bonds is 5. The van der Waals surface area contributed by atoms with Gasteiger partial charge in [-0.3, -0.25) is 9.69 Å². The van der Waals surface area contributed by atoms with E-state index in [9.17, 15) is 9.90 Å². The molecular weight excluding hydrogens is 372 g/mol. The molecule has 1 aliphatic heterocycles. The molecule has 4 rings (SSSR count). The zero-order chi connectivity index (χ0) is 19.7. The van der Waals surface area contributed by atoms with E-state index in [1.165, 1.54) is 6.26 Å². The summed E-state index contributed by atoms with van der Waals surface area (Å²) < 4.78 is 5.68. The van der Waals surface area contributed by atoms with Gasteiger partial charge >= 0.3 is 0 Å². The number of ketones is 1. The van der Waals surface area contributed by atoms with Crippen LogP contribution in [0.1, 0.15) is 21.5 Å². The van der Waals surface area contributed by atoms with Crippen molar-refractivity contribution in [2.45, 2.75) is 11.4 Å². The van der Waals surface area contributed by atoms with Gasteiger partial charge in [-0.05, 0) is 49.7 Å². The summed E-state index contributed by atoms with van der Waals surface area (Å²) in [6.45, 7) is 4.46. The Bertz CT molecular complexity index is 989. The van der Waals surface area contributed by atoms with E-state index in [2.05, 4.69) is 16.8 Å². The summed E-state index contributed by atoms with van der Waals surface area (Å²) in [5.74, 6) is 0.122. The van der Waals surface area contributed by atoms with Crippen molar-refractivity contribution in [3.05, 3.63) is 59.4 Å². The number of carbonyl (C=O) groups is 1. The number of likely N-dealkylation sites (N-methyl/N-ethyl adjacent to an activating group) is 1. The Labute approximate surface area is 168 Å². The first-order valence-corrected chi connectivity index (χ1v) is 10.6. The number of nitrogens with zero attached hydrogens (tertiary/aromatic N) is 2. The lowest BCUT2D eigenvalue weighted by molar-refractivity contribution is 0.103. The number of phenols is 1. The van der Waals surface area contributed by atoms with E-state index in [4.69, 9.17) is 4.42 Å². The second kappa shape index (κ2) is 7.99. The molecule has 28 heavy (non-hydrogen) atoms. The third kappa shape index (κ3) is 3.68. The lowest BCUT2D eigenvalue weighted by atomic mass is 9.98. The Hall–Kier alpha value is -2.28. The van der Waals surface area contributed by atoms with Crippen molar-refractivity contribution in [3.63, 3.8) is 0 Å². The number of piperazine rings is 1. The molecule has 0 saturated carbocycles. The maximum atomic E-state index is 13.2. The molecule has 0 atom stereocenters. The van der Waals surface area contributed by atoms with Crippen molar-refractivity contribution >= 4 is 28.5 Å². The van der Waals surface area contributed by atoms with E-state index < -0.39 is 0 Å². The van der Waals surface area contributed by atoms with E-state index >= 15 is 0 Å². The third-order valence-electron chi connectivity index (χ3n) is 5.40. The predicted octanol–water partition coefficient (Wildman–Crippen LogP) is 3.84. The van der Waals surface area contributed by atoms with Gasteiger partial charge in [0, 0.05) is 54.1 Å². The van der Waals surface area contributed by atoms with Crippen molar-refractivity contribution in [2.24, 2.45) is 0 Å². The van der Waals surface area contributed by atoms with Gasteiger partial charge in [0.25, 0.3) is 0 Å². The molecule has 2 aromatic carbocycles. The van der Waals surface area contributed by atoms with Crippen molar-refractivity contribution in [1.29, 1.82) is 0 Å². The summed E-state index contributed by atoms with van der Waals surface area (Å²) in [6, 6.07) is 11.0. The van der Waals surface area contributed by atoms with Crippen molar-refractivity contribution in [1.82, 2.24) is 9.80 Å². The first kappa shape index (κ1) is 19.1. The largest absolute Gasteiger partial charge is 0.508 e. The molecule has 146 valence electrons. The van der Waals surface area contributed by atoms with Gasteiger partial charge < -0.3 is 14.4 Å². The summed E-state index contributed by atoms with van der Waals surface area (Å²) in [7, 11) is 2.12. The Balaban J connectivity index is 1.71. The van der Waals surface area contributed by atoms with Gasteiger partial charge in [0.2, 0.25) is 0 Å². The van der Waals surface area contributed by atoms with Gasteiger partial charge in [0.15, 0.2) is 5.78 Å². The molecule has 0 bridgehead atoms. The van der Waals surface area contributed by atoms with Crippen LogP contribution < -0.4 is 0 Å². The number of benzene rings is 2. The number of phenolic OH excluding ortho intramolecular Hbond substituents is 1. The van der Waals surface area contributed by atoms with Crippen LogP contribution in [0.5, 0.6) is 5.75 Å². The normalized spacial score (nSPS) is 15.9. The first-order chi connectivity index (χ1) is 13.6. The van der Waals surface area contributed by atoms with E-state index in [-0.39, 0.29) is 11.5 Å². The number of carbonyl (C=O) groups excluding carboxylic acids is 1. The highest BCUT2D eigenvalue weighted by Crippen LogP contribution is 2.34. The molecule has 1 saturated heterocycles. The summed E-state index contributed by atoms with van der Waals surface area (Å²) in [6.07, 6.45) is 3.52. The number of thioether (sulfide) groups is 1. The summed E-state index contributed by atoms with van der Waals surface area (Å²) in [5, 5.41) is 11.3. The minimum absolute atomic E-state index is 0.0865. The molecule has 0 amide bonds. The molecule has 1 fully saturated rings. The quantitative estimate of drug-likeness (QED) is 0.522. The molecule has 1 aromatic heterocycles. The lowest BCUT2D eigenvalue weighted by Gasteiger charge is -2.32. The molecule has 1 N–H and O–H groups in total. The summed E-state index contributed by atoms with van der Waals surface area (Å²) >= 11 is 1.64. The molecule has 1 aliphatic rings. The van der Waals surface area contributed by atoms with Gasteiger partial charge in [-0.1, -0.05) is 0 Å². The second-order valence-electron chi connectivity index (χ2n) is 7.22. The molecule has 0 spiro atoms.